The maximum atomic E-state index is 12.7. The summed E-state index contributed by atoms with van der Waals surface area (Å²) in [7, 11) is 1.67. The van der Waals surface area contributed by atoms with Gasteiger partial charge < -0.3 is 15.0 Å². The maximum Gasteiger partial charge on any atom is 0.278 e. The lowest BCUT2D eigenvalue weighted by Crippen LogP contribution is -2.33. The van der Waals surface area contributed by atoms with Gasteiger partial charge in [0.25, 0.3) is 5.56 Å². The molecule has 1 fully saturated rings. The second-order valence-corrected chi connectivity index (χ2v) is 7.72. The van der Waals surface area contributed by atoms with E-state index in [2.05, 4.69) is 15.3 Å². The molecule has 3 aromatic rings. The molecule has 3 heterocycles. The van der Waals surface area contributed by atoms with Gasteiger partial charge in [0.05, 0.1) is 11.9 Å². The monoisotopic (exact) mass is 398 g/mol. The second kappa shape index (κ2) is 8.20. The van der Waals surface area contributed by atoms with Gasteiger partial charge in [-0.2, -0.15) is 0 Å². The molecule has 1 atom stereocenters. The van der Waals surface area contributed by atoms with Crippen LogP contribution in [-0.2, 0) is 16.6 Å². The van der Waals surface area contributed by atoms with Crippen LogP contribution in [0.5, 0.6) is 0 Å². The molecule has 1 aromatic carbocycles. The predicted molar refractivity (Wildman–Crippen MR) is 109 cm³/mol. The van der Waals surface area contributed by atoms with Crippen molar-refractivity contribution in [1.82, 2.24) is 19.9 Å². The minimum absolute atomic E-state index is 0.0906. The van der Waals surface area contributed by atoms with Crippen molar-refractivity contribution in [2.75, 3.05) is 18.9 Å². The number of carbonyl (C=O) groups is 1. The van der Waals surface area contributed by atoms with Gasteiger partial charge in [0.15, 0.2) is 5.16 Å². The molecule has 1 unspecified atom stereocenters. The summed E-state index contributed by atoms with van der Waals surface area (Å²) in [6.45, 7) is 1.29. The summed E-state index contributed by atoms with van der Waals surface area (Å²) in [5.74, 6) is 0.107. The minimum atomic E-state index is -0.158. The first kappa shape index (κ1) is 18.8. The standard InChI is InChI=1S/C20H22N4O3S/c1-24-19(26)18-17(15(11-22-18)13-6-3-2-4-7-13)23-20(24)28-12-16(25)21-10-14-8-5-9-27-14/h2-4,6-7,11,14,22H,5,8-10,12H2,1H3,(H,21,25). The van der Waals surface area contributed by atoms with E-state index >= 15 is 0 Å². The smallest absolute Gasteiger partial charge is 0.278 e. The Bertz CT molecular complexity index is 1040. The fourth-order valence-electron chi connectivity index (χ4n) is 3.30. The summed E-state index contributed by atoms with van der Waals surface area (Å²) < 4.78 is 6.99. The first-order chi connectivity index (χ1) is 13.6. The molecule has 1 amide bonds. The highest BCUT2D eigenvalue weighted by Crippen LogP contribution is 2.27. The van der Waals surface area contributed by atoms with E-state index in [0.717, 1.165) is 30.6 Å². The lowest BCUT2D eigenvalue weighted by atomic mass is 10.1. The zero-order chi connectivity index (χ0) is 19.5. The number of ether oxygens (including phenoxy) is 1. The Morgan fingerprint density at radius 1 is 1.39 bits per heavy atom. The maximum absolute atomic E-state index is 12.7. The number of carbonyl (C=O) groups excluding carboxylic acids is 1. The molecule has 1 aliphatic rings. The van der Waals surface area contributed by atoms with Crippen LogP contribution in [0.2, 0.25) is 0 Å². The van der Waals surface area contributed by atoms with Crippen molar-refractivity contribution >= 4 is 28.7 Å². The summed E-state index contributed by atoms with van der Waals surface area (Å²) in [6.07, 6.45) is 3.94. The van der Waals surface area contributed by atoms with Crippen LogP contribution in [0.25, 0.3) is 22.2 Å². The predicted octanol–water partition coefficient (Wildman–Crippen LogP) is 2.32. The van der Waals surface area contributed by atoms with Crippen LogP contribution < -0.4 is 10.9 Å². The van der Waals surface area contributed by atoms with Crippen LogP contribution >= 0.6 is 11.8 Å². The Morgan fingerprint density at radius 2 is 2.21 bits per heavy atom. The van der Waals surface area contributed by atoms with Gasteiger partial charge in [0.2, 0.25) is 5.91 Å². The van der Waals surface area contributed by atoms with Crippen LogP contribution in [0.15, 0.2) is 46.5 Å². The quantitative estimate of drug-likeness (QED) is 0.491. The molecule has 2 aromatic heterocycles. The Morgan fingerprint density at radius 3 is 2.96 bits per heavy atom. The van der Waals surface area contributed by atoms with Crippen molar-refractivity contribution in [2.24, 2.45) is 7.05 Å². The summed E-state index contributed by atoms with van der Waals surface area (Å²) >= 11 is 1.26. The minimum Gasteiger partial charge on any atom is -0.376 e. The largest absolute Gasteiger partial charge is 0.376 e. The average Bonchev–Trinajstić information content (AvgIpc) is 3.38. The molecule has 0 spiro atoms. The van der Waals surface area contributed by atoms with E-state index in [4.69, 9.17) is 4.74 Å². The lowest BCUT2D eigenvalue weighted by Gasteiger charge is -2.11. The summed E-state index contributed by atoms with van der Waals surface area (Å²) in [5, 5.41) is 3.41. The molecule has 0 bridgehead atoms. The molecule has 146 valence electrons. The SMILES string of the molecule is Cn1c(SCC(=O)NCC2CCCO2)nc2c(-c3ccccc3)c[nH]c2c1=O. The van der Waals surface area contributed by atoms with Crippen LogP contribution in [0.4, 0.5) is 0 Å². The van der Waals surface area contributed by atoms with Gasteiger partial charge in [-0.25, -0.2) is 4.98 Å². The lowest BCUT2D eigenvalue weighted by molar-refractivity contribution is -0.119. The van der Waals surface area contributed by atoms with Gasteiger partial charge in [-0.05, 0) is 18.4 Å². The van der Waals surface area contributed by atoms with Crippen LogP contribution in [-0.4, -0.2) is 45.5 Å². The number of thioether (sulfide) groups is 1. The Balaban J connectivity index is 1.52. The van der Waals surface area contributed by atoms with Crippen molar-refractivity contribution in [1.29, 1.82) is 0 Å². The third-order valence-corrected chi connectivity index (χ3v) is 5.86. The molecule has 1 saturated heterocycles. The van der Waals surface area contributed by atoms with Gasteiger partial charge in [-0.15, -0.1) is 0 Å². The van der Waals surface area contributed by atoms with Crippen molar-refractivity contribution in [3.8, 4) is 11.1 Å². The summed E-state index contributed by atoms with van der Waals surface area (Å²) in [4.78, 5) is 32.6. The van der Waals surface area contributed by atoms with E-state index in [9.17, 15) is 9.59 Å². The highest BCUT2D eigenvalue weighted by atomic mass is 32.2. The van der Waals surface area contributed by atoms with E-state index in [1.807, 2.05) is 30.3 Å². The molecule has 2 N–H and O–H groups in total. The van der Waals surface area contributed by atoms with Crippen LogP contribution in [0, 0.1) is 0 Å². The molecule has 4 rings (SSSR count). The van der Waals surface area contributed by atoms with E-state index in [1.165, 1.54) is 16.3 Å². The first-order valence-electron chi connectivity index (χ1n) is 9.28. The number of nitrogens with zero attached hydrogens (tertiary/aromatic N) is 2. The van der Waals surface area contributed by atoms with E-state index < -0.39 is 0 Å². The number of benzene rings is 1. The van der Waals surface area contributed by atoms with Crippen molar-refractivity contribution in [2.45, 2.75) is 24.1 Å². The number of H-pyrrole nitrogens is 1. The van der Waals surface area contributed by atoms with E-state index in [0.29, 0.717) is 22.7 Å². The number of nitrogens with one attached hydrogen (secondary N) is 2. The first-order valence-corrected chi connectivity index (χ1v) is 10.3. The molecule has 0 radical (unpaired) electrons. The molecule has 0 saturated carbocycles. The van der Waals surface area contributed by atoms with Gasteiger partial charge in [0.1, 0.15) is 11.0 Å². The molecule has 1 aliphatic heterocycles. The molecule has 7 nitrogen and oxygen atoms in total. The number of hydrogen-bond acceptors (Lipinski definition) is 5. The molecular weight excluding hydrogens is 376 g/mol. The Kier molecular flexibility index (Phi) is 5.50. The Hall–Kier alpha value is -2.58. The van der Waals surface area contributed by atoms with E-state index in [1.54, 1.807) is 13.2 Å². The van der Waals surface area contributed by atoms with Gasteiger partial charge in [-0.3, -0.25) is 14.2 Å². The van der Waals surface area contributed by atoms with Gasteiger partial charge in [0, 0.05) is 32.0 Å². The zero-order valence-corrected chi connectivity index (χ0v) is 16.4. The molecule has 0 aliphatic carbocycles. The normalized spacial score (nSPS) is 16.5. The number of aromatic amines is 1. The van der Waals surface area contributed by atoms with E-state index in [-0.39, 0.29) is 23.3 Å². The number of hydrogen-bond donors (Lipinski definition) is 2. The fraction of sp³-hybridized carbons (Fsp3) is 0.350. The number of rotatable bonds is 6. The zero-order valence-electron chi connectivity index (χ0n) is 15.6. The number of fused-ring (bicyclic) bond motifs is 1. The topological polar surface area (TPSA) is 89.0 Å². The highest BCUT2D eigenvalue weighted by molar-refractivity contribution is 7.99. The number of aromatic nitrogens is 3. The third-order valence-electron chi connectivity index (χ3n) is 4.83. The second-order valence-electron chi connectivity index (χ2n) is 6.78. The third kappa shape index (κ3) is 3.83. The van der Waals surface area contributed by atoms with Crippen molar-refractivity contribution < 1.29 is 9.53 Å². The van der Waals surface area contributed by atoms with Crippen LogP contribution in [0.1, 0.15) is 12.8 Å². The van der Waals surface area contributed by atoms with Gasteiger partial charge >= 0.3 is 0 Å². The molecule has 28 heavy (non-hydrogen) atoms. The van der Waals surface area contributed by atoms with Crippen molar-refractivity contribution in [3.63, 3.8) is 0 Å². The van der Waals surface area contributed by atoms with Crippen LogP contribution in [0.3, 0.4) is 0 Å². The summed E-state index contributed by atoms with van der Waals surface area (Å²) in [6, 6.07) is 9.80. The molecular formula is C20H22N4O3S. The van der Waals surface area contributed by atoms with Gasteiger partial charge in [-0.1, -0.05) is 42.1 Å². The average molecular weight is 398 g/mol. The summed E-state index contributed by atoms with van der Waals surface area (Å²) in [5.41, 5.74) is 2.79. The molecule has 8 heteroatoms. The Labute approximate surface area is 166 Å². The van der Waals surface area contributed by atoms with Crippen molar-refractivity contribution in [3.05, 3.63) is 46.9 Å². The fourth-order valence-corrected chi connectivity index (χ4v) is 4.10. The number of amides is 1. The highest BCUT2D eigenvalue weighted by Gasteiger charge is 2.18.